The molecule has 0 aliphatic rings. The lowest BCUT2D eigenvalue weighted by Crippen LogP contribution is -2.17. The second kappa shape index (κ2) is 5.39. The molecule has 1 atom stereocenters. The summed E-state index contributed by atoms with van der Waals surface area (Å²) in [6.07, 6.45) is 0. The third-order valence-electron chi connectivity index (χ3n) is 2.22. The first-order chi connectivity index (χ1) is 8.22. The number of nitrogens with two attached hydrogens (primary N) is 1. The minimum absolute atomic E-state index is 0.356. The van der Waals surface area contributed by atoms with Crippen molar-refractivity contribution in [3.63, 3.8) is 0 Å². The molecule has 17 heavy (non-hydrogen) atoms. The smallest absolute Gasteiger partial charge is 0.259 e. The van der Waals surface area contributed by atoms with E-state index >= 15 is 0 Å². The van der Waals surface area contributed by atoms with Crippen LogP contribution in [0.15, 0.2) is 33.3 Å². The molecule has 0 amide bonds. The highest BCUT2D eigenvalue weighted by molar-refractivity contribution is 9.10. The van der Waals surface area contributed by atoms with Gasteiger partial charge in [0, 0.05) is 11.6 Å². The SMILES string of the molecule is COCC(N)c1noc(-c2ccccc2Br)n1. The summed E-state index contributed by atoms with van der Waals surface area (Å²) in [6.45, 7) is 0.356. The van der Waals surface area contributed by atoms with E-state index in [9.17, 15) is 0 Å². The quantitative estimate of drug-likeness (QED) is 0.936. The van der Waals surface area contributed by atoms with Crippen molar-refractivity contribution >= 4 is 15.9 Å². The zero-order valence-corrected chi connectivity index (χ0v) is 10.8. The number of methoxy groups -OCH3 is 1. The summed E-state index contributed by atoms with van der Waals surface area (Å²) in [5, 5.41) is 3.84. The van der Waals surface area contributed by atoms with E-state index in [0.717, 1.165) is 10.0 Å². The zero-order chi connectivity index (χ0) is 12.3. The number of ether oxygens (including phenoxy) is 1. The molecule has 1 aromatic carbocycles. The standard InChI is InChI=1S/C11H12BrN3O2/c1-16-6-9(13)10-14-11(17-15-10)7-4-2-3-5-8(7)12/h2-5,9H,6,13H2,1H3. The second-order valence-electron chi connectivity index (χ2n) is 3.50. The van der Waals surface area contributed by atoms with Gasteiger partial charge in [0.25, 0.3) is 5.89 Å². The highest BCUT2D eigenvalue weighted by Crippen LogP contribution is 2.26. The first kappa shape index (κ1) is 12.2. The third-order valence-corrected chi connectivity index (χ3v) is 2.92. The van der Waals surface area contributed by atoms with Crippen molar-refractivity contribution in [1.82, 2.24) is 10.1 Å². The second-order valence-corrected chi connectivity index (χ2v) is 4.35. The molecule has 0 radical (unpaired) electrons. The Bertz CT molecular complexity index is 501. The van der Waals surface area contributed by atoms with E-state index < -0.39 is 0 Å². The number of halogens is 1. The van der Waals surface area contributed by atoms with Crippen LogP contribution in [0.4, 0.5) is 0 Å². The number of nitrogens with zero attached hydrogens (tertiary/aromatic N) is 2. The van der Waals surface area contributed by atoms with Crippen LogP contribution in [0.1, 0.15) is 11.9 Å². The Balaban J connectivity index is 2.27. The minimum Gasteiger partial charge on any atom is -0.383 e. The molecule has 0 spiro atoms. The van der Waals surface area contributed by atoms with Crippen LogP contribution in [-0.2, 0) is 4.74 Å². The van der Waals surface area contributed by atoms with Gasteiger partial charge in [0.2, 0.25) is 0 Å². The van der Waals surface area contributed by atoms with Crippen LogP contribution in [-0.4, -0.2) is 23.9 Å². The van der Waals surface area contributed by atoms with Crippen LogP contribution in [0.25, 0.3) is 11.5 Å². The summed E-state index contributed by atoms with van der Waals surface area (Å²) in [5.41, 5.74) is 6.66. The monoisotopic (exact) mass is 297 g/mol. The molecule has 0 fully saturated rings. The topological polar surface area (TPSA) is 74.2 Å². The Morgan fingerprint density at radius 3 is 2.94 bits per heavy atom. The molecule has 0 aliphatic carbocycles. The number of hydrogen-bond acceptors (Lipinski definition) is 5. The maximum absolute atomic E-state index is 5.81. The predicted octanol–water partition coefficient (Wildman–Crippen LogP) is 2.15. The van der Waals surface area contributed by atoms with E-state index in [2.05, 4.69) is 26.1 Å². The van der Waals surface area contributed by atoms with Gasteiger partial charge in [-0.3, -0.25) is 0 Å². The predicted molar refractivity (Wildman–Crippen MR) is 66.2 cm³/mol. The lowest BCUT2D eigenvalue weighted by molar-refractivity contribution is 0.177. The summed E-state index contributed by atoms with van der Waals surface area (Å²) in [5.74, 6) is 0.886. The summed E-state index contributed by atoms with van der Waals surface area (Å²) in [6, 6.07) is 7.25. The van der Waals surface area contributed by atoms with Crippen LogP contribution >= 0.6 is 15.9 Å². The lowest BCUT2D eigenvalue weighted by Gasteiger charge is -2.03. The summed E-state index contributed by atoms with van der Waals surface area (Å²) in [4.78, 5) is 4.25. The van der Waals surface area contributed by atoms with Gasteiger partial charge >= 0.3 is 0 Å². The molecule has 0 aliphatic heterocycles. The number of hydrogen-bond donors (Lipinski definition) is 1. The van der Waals surface area contributed by atoms with Crippen molar-refractivity contribution in [1.29, 1.82) is 0 Å². The van der Waals surface area contributed by atoms with Crippen molar-refractivity contribution in [2.24, 2.45) is 5.73 Å². The highest BCUT2D eigenvalue weighted by atomic mass is 79.9. The molecular weight excluding hydrogens is 286 g/mol. The van der Waals surface area contributed by atoms with Gasteiger partial charge in [-0.25, -0.2) is 0 Å². The van der Waals surface area contributed by atoms with Crippen LogP contribution in [0, 0.1) is 0 Å². The fourth-order valence-electron chi connectivity index (χ4n) is 1.38. The van der Waals surface area contributed by atoms with Crippen LogP contribution in [0.2, 0.25) is 0 Å². The van der Waals surface area contributed by atoms with Crippen molar-refractivity contribution in [3.8, 4) is 11.5 Å². The molecule has 2 rings (SSSR count). The van der Waals surface area contributed by atoms with E-state index in [4.69, 9.17) is 15.0 Å². The van der Waals surface area contributed by atoms with E-state index in [0.29, 0.717) is 18.3 Å². The van der Waals surface area contributed by atoms with E-state index in [1.54, 1.807) is 7.11 Å². The Hall–Kier alpha value is -1.24. The average Bonchev–Trinajstić information content (AvgIpc) is 2.79. The molecule has 5 nitrogen and oxygen atoms in total. The molecule has 1 aromatic heterocycles. The van der Waals surface area contributed by atoms with Crippen molar-refractivity contribution in [3.05, 3.63) is 34.6 Å². The zero-order valence-electron chi connectivity index (χ0n) is 9.26. The lowest BCUT2D eigenvalue weighted by atomic mass is 10.2. The summed E-state index contributed by atoms with van der Waals surface area (Å²) < 4.78 is 11.0. The molecule has 0 saturated carbocycles. The van der Waals surface area contributed by atoms with Gasteiger partial charge in [0.05, 0.1) is 18.2 Å². The van der Waals surface area contributed by atoms with Crippen molar-refractivity contribution in [2.75, 3.05) is 13.7 Å². The molecular formula is C11H12BrN3O2. The highest BCUT2D eigenvalue weighted by Gasteiger charge is 2.16. The van der Waals surface area contributed by atoms with Gasteiger partial charge in [-0.2, -0.15) is 4.98 Å². The minimum atomic E-state index is -0.375. The maximum Gasteiger partial charge on any atom is 0.259 e. The first-order valence-electron chi connectivity index (χ1n) is 5.05. The number of aromatic nitrogens is 2. The van der Waals surface area contributed by atoms with Crippen molar-refractivity contribution in [2.45, 2.75) is 6.04 Å². The molecule has 90 valence electrons. The van der Waals surface area contributed by atoms with Gasteiger partial charge in [-0.05, 0) is 28.1 Å². The van der Waals surface area contributed by atoms with Gasteiger partial charge in [-0.1, -0.05) is 17.3 Å². The maximum atomic E-state index is 5.81. The third kappa shape index (κ3) is 2.71. The average molecular weight is 298 g/mol. The van der Waals surface area contributed by atoms with E-state index in [-0.39, 0.29) is 6.04 Å². The fraction of sp³-hybridized carbons (Fsp3) is 0.273. The van der Waals surface area contributed by atoms with Crippen LogP contribution in [0.5, 0.6) is 0 Å². The van der Waals surface area contributed by atoms with E-state index in [1.807, 2.05) is 24.3 Å². The largest absolute Gasteiger partial charge is 0.383 e. The van der Waals surface area contributed by atoms with Crippen molar-refractivity contribution < 1.29 is 9.26 Å². The van der Waals surface area contributed by atoms with Gasteiger partial charge in [0.1, 0.15) is 0 Å². The Labute approximate surface area is 107 Å². The van der Waals surface area contributed by atoms with Gasteiger partial charge < -0.3 is 15.0 Å². The molecule has 0 saturated heterocycles. The number of rotatable bonds is 4. The van der Waals surface area contributed by atoms with Crippen LogP contribution in [0.3, 0.4) is 0 Å². The molecule has 6 heteroatoms. The van der Waals surface area contributed by atoms with Crippen LogP contribution < -0.4 is 5.73 Å². The first-order valence-corrected chi connectivity index (χ1v) is 5.84. The number of benzene rings is 1. The van der Waals surface area contributed by atoms with Gasteiger partial charge in [-0.15, -0.1) is 0 Å². The summed E-state index contributed by atoms with van der Waals surface area (Å²) in [7, 11) is 1.58. The van der Waals surface area contributed by atoms with Gasteiger partial charge in [0.15, 0.2) is 5.82 Å². The Morgan fingerprint density at radius 1 is 1.47 bits per heavy atom. The Morgan fingerprint density at radius 2 is 2.24 bits per heavy atom. The molecule has 1 unspecified atom stereocenters. The fourth-order valence-corrected chi connectivity index (χ4v) is 1.84. The van der Waals surface area contributed by atoms with E-state index in [1.165, 1.54) is 0 Å². The Kier molecular flexibility index (Phi) is 3.88. The molecule has 0 bridgehead atoms. The molecule has 2 aromatic rings. The molecule has 1 heterocycles. The normalized spacial score (nSPS) is 12.6. The molecule has 2 N–H and O–H groups in total. The summed E-state index contributed by atoms with van der Waals surface area (Å²) >= 11 is 3.43.